The van der Waals surface area contributed by atoms with Gasteiger partial charge in [0.15, 0.2) is 0 Å². The van der Waals surface area contributed by atoms with E-state index in [0.717, 1.165) is 5.56 Å². The SMILES string of the molecule is COc1cc(OC)nc(Oc2ccc(CN)c(Cl)c2)n1. The topological polar surface area (TPSA) is 79.5 Å². The van der Waals surface area contributed by atoms with Gasteiger partial charge in [0.05, 0.1) is 20.3 Å². The third-order valence-corrected chi connectivity index (χ3v) is 2.88. The number of nitrogens with two attached hydrogens (primary N) is 1. The van der Waals surface area contributed by atoms with Crippen LogP contribution in [0.5, 0.6) is 23.5 Å². The smallest absolute Gasteiger partial charge is 0.328 e. The van der Waals surface area contributed by atoms with Crippen molar-refractivity contribution in [1.82, 2.24) is 9.97 Å². The minimum Gasteiger partial charge on any atom is -0.481 e. The molecular weight excluding hydrogens is 282 g/mol. The Morgan fingerprint density at radius 3 is 2.25 bits per heavy atom. The molecule has 0 atom stereocenters. The predicted molar refractivity (Wildman–Crippen MR) is 74.6 cm³/mol. The van der Waals surface area contributed by atoms with Gasteiger partial charge in [-0.1, -0.05) is 17.7 Å². The fourth-order valence-electron chi connectivity index (χ4n) is 1.50. The second-order valence-corrected chi connectivity index (χ2v) is 4.20. The molecule has 0 unspecified atom stereocenters. The second kappa shape index (κ2) is 6.40. The number of methoxy groups -OCH3 is 2. The van der Waals surface area contributed by atoms with Crippen LogP contribution in [0, 0.1) is 0 Å². The zero-order valence-electron chi connectivity index (χ0n) is 11.1. The quantitative estimate of drug-likeness (QED) is 0.912. The summed E-state index contributed by atoms with van der Waals surface area (Å²) in [5.41, 5.74) is 6.38. The van der Waals surface area contributed by atoms with Gasteiger partial charge in [-0.2, -0.15) is 9.97 Å². The average Bonchev–Trinajstić information content (AvgIpc) is 2.47. The largest absolute Gasteiger partial charge is 0.481 e. The molecule has 7 heteroatoms. The van der Waals surface area contributed by atoms with Crippen LogP contribution in [0.4, 0.5) is 0 Å². The minimum absolute atomic E-state index is 0.109. The molecule has 0 aliphatic carbocycles. The van der Waals surface area contributed by atoms with Crippen LogP contribution in [0.3, 0.4) is 0 Å². The van der Waals surface area contributed by atoms with Crippen molar-refractivity contribution < 1.29 is 14.2 Å². The van der Waals surface area contributed by atoms with Crippen LogP contribution in [-0.4, -0.2) is 24.2 Å². The molecule has 0 fully saturated rings. The highest BCUT2D eigenvalue weighted by Crippen LogP contribution is 2.27. The summed E-state index contributed by atoms with van der Waals surface area (Å²) >= 11 is 6.06. The standard InChI is InChI=1S/C13H14ClN3O3/c1-18-11-6-12(19-2)17-13(16-11)20-9-4-3-8(7-15)10(14)5-9/h3-6H,7,15H2,1-2H3. The lowest BCUT2D eigenvalue weighted by Crippen LogP contribution is -1.99. The molecule has 20 heavy (non-hydrogen) atoms. The molecule has 0 aliphatic heterocycles. The molecular formula is C13H14ClN3O3. The van der Waals surface area contributed by atoms with Crippen molar-refractivity contribution in [3.63, 3.8) is 0 Å². The van der Waals surface area contributed by atoms with Crippen LogP contribution in [0.1, 0.15) is 5.56 Å². The van der Waals surface area contributed by atoms with Crippen molar-refractivity contribution in [1.29, 1.82) is 0 Å². The number of ether oxygens (including phenoxy) is 3. The van der Waals surface area contributed by atoms with E-state index in [0.29, 0.717) is 29.1 Å². The highest BCUT2D eigenvalue weighted by atomic mass is 35.5. The van der Waals surface area contributed by atoms with Gasteiger partial charge in [-0.15, -0.1) is 0 Å². The molecule has 0 bridgehead atoms. The average molecular weight is 296 g/mol. The van der Waals surface area contributed by atoms with Crippen LogP contribution in [0.25, 0.3) is 0 Å². The summed E-state index contributed by atoms with van der Waals surface area (Å²) in [6.45, 7) is 0.364. The second-order valence-electron chi connectivity index (χ2n) is 3.79. The Morgan fingerprint density at radius 1 is 1.10 bits per heavy atom. The van der Waals surface area contributed by atoms with Gasteiger partial charge in [0.2, 0.25) is 11.8 Å². The van der Waals surface area contributed by atoms with E-state index < -0.39 is 0 Å². The van der Waals surface area contributed by atoms with Crippen molar-refractivity contribution in [3.05, 3.63) is 34.9 Å². The molecule has 1 aromatic carbocycles. The summed E-state index contributed by atoms with van der Waals surface area (Å²) in [7, 11) is 3.00. The van der Waals surface area contributed by atoms with Gasteiger partial charge >= 0.3 is 6.01 Å². The van der Waals surface area contributed by atoms with Crippen molar-refractivity contribution in [2.45, 2.75) is 6.54 Å². The van der Waals surface area contributed by atoms with Crippen LogP contribution >= 0.6 is 11.6 Å². The van der Waals surface area contributed by atoms with Crippen LogP contribution in [0.2, 0.25) is 5.02 Å². The summed E-state index contributed by atoms with van der Waals surface area (Å²) in [5.74, 6) is 1.19. The van der Waals surface area contributed by atoms with Gasteiger partial charge in [-0.05, 0) is 17.7 Å². The van der Waals surface area contributed by atoms with Crippen LogP contribution in [-0.2, 0) is 6.54 Å². The normalized spacial score (nSPS) is 10.2. The van der Waals surface area contributed by atoms with E-state index >= 15 is 0 Å². The Labute approximate surface area is 121 Å². The fourth-order valence-corrected chi connectivity index (χ4v) is 1.75. The van der Waals surface area contributed by atoms with Crippen LogP contribution < -0.4 is 19.9 Å². The van der Waals surface area contributed by atoms with Gasteiger partial charge < -0.3 is 19.9 Å². The van der Waals surface area contributed by atoms with E-state index in [4.69, 9.17) is 31.5 Å². The number of halogens is 1. The highest BCUT2D eigenvalue weighted by molar-refractivity contribution is 6.31. The maximum Gasteiger partial charge on any atom is 0.328 e. The maximum atomic E-state index is 6.06. The lowest BCUT2D eigenvalue weighted by Gasteiger charge is -2.08. The molecule has 0 spiro atoms. The predicted octanol–water partition coefficient (Wildman–Crippen LogP) is 2.40. The Hall–Kier alpha value is -2.05. The van der Waals surface area contributed by atoms with Crippen molar-refractivity contribution in [2.75, 3.05) is 14.2 Å². The van der Waals surface area contributed by atoms with E-state index in [2.05, 4.69) is 9.97 Å². The Kier molecular flexibility index (Phi) is 4.60. The summed E-state index contributed by atoms with van der Waals surface area (Å²) in [4.78, 5) is 8.13. The van der Waals surface area contributed by atoms with Crippen molar-refractivity contribution in [2.24, 2.45) is 5.73 Å². The number of hydrogen-bond donors (Lipinski definition) is 1. The van der Waals surface area contributed by atoms with Crippen molar-refractivity contribution in [3.8, 4) is 23.5 Å². The molecule has 2 N–H and O–H groups in total. The number of hydrogen-bond acceptors (Lipinski definition) is 6. The summed E-state index contributed by atoms with van der Waals surface area (Å²) in [5, 5.41) is 0.528. The van der Waals surface area contributed by atoms with Gasteiger partial charge in [0.1, 0.15) is 5.75 Å². The lowest BCUT2D eigenvalue weighted by molar-refractivity contribution is 0.348. The third-order valence-electron chi connectivity index (χ3n) is 2.53. The third kappa shape index (κ3) is 3.28. The van der Waals surface area contributed by atoms with Gasteiger partial charge in [0, 0.05) is 11.6 Å². The van der Waals surface area contributed by atoms with Gasteiger partial charge in [-0.25, -0.2) is 0 Å². The Bertz CT molecular complexity index is 585. The molecule has 0 radical (unpaired) electrons. The van der Waals surface area contributed by atoms with E-state index in [9.17, 15) is 0 Å². The summed E-state index contributed by atoms with van der Waals surface area (Å²) < 4.78 is 15.6. The Morgan fingerprint density at radius 2 is 1.75 bits per heavy atom. The number of benzene rings is 1. The lowest BCUT2D eigenvalue weighted by atomic mass is 10.2. The first-order valence-corrected chi connectivity index (χ1v) is 6.17. The van der Waals surface area contributed by atoms with Gasteiger partial charge in [-0.3, -0.25) is 0 Å². The highest BCUT2D eigenvalue weighted by Gasteiger charge is 2.09. The molecule has 0 saturated heterocycles. The van der Waals surface area contributed by atoms with E-state index in [1.807, 2.05) is 0 Å². The zero-order valence-corrected chi connectivity index (χ0v) is 11.8. The minimum atomic E-state index is 0.109. The molecule has 106 valence electrons. The molecule has 1 aromatic heterocycles. The van der Waals surface area contributed by atoms with E-state index in [1.165, 1.54) is 14.2 Å². The molecule has 1 heterocycles. The monoisotopic (exact) mass is 295 g/mol. The number of aromatic nitrogens is 2. The fraction of sp³-hybridized carbons (Fsp3) is 0.231. The molecule has 2 aromatic rings. The van der Waals surface area contributed by atoms with E-state index in [-0.39, 0.29) is 6.01 Å². The van der Waals surface area contributed by atoms with E-state index in [1.54, 1.807) is 24.3 Å². The summed E-state index contributed by atoms with van der Waals surface area (Å²) in [6, 6.07) is 6.84. The first-order valence-electron chi connectivity index (χ1n) is 5.79. The number of rotatable bonds is 5. The maximum absolute atomic E-state index is 6.06. The van der Waals surface area contributed by atoms with Crippen LogP contribution in [0.15, 0.2) is 24.3 Å². The molecule has 0 amide bonds. The van der Waals surface area contributed by atoms with Crippen molar-refractivity contribution >= 4 is 11.6 Å². The molecule has 2 rings (SSSR count). The molecule has 0 aliphatic rings. The zero-order chi connectivity index (χ0) is 14.5. The van der Waals surface area contributed by atoms with Gasteiger partial charge in [0.25, 0.3) is 0 Å². The molecule has 0 saturated carbocycles. The number of nitrogens with zero attached hydrogens (tertiary/aromatic N) is 2. The Balaban J connectivity index is 2.27. The summed E-state index contributed by atoms with van der Waals surface area (Å²) in [6.07, 6.45) is 0. The first-order chi connectivity index (χ1) is 9.66. The molecule has 6 nitrogen and oxygen atoms in total. The first kappa shape index (κ1) is 14.4.